The monoisotopic (exact) mass is 220 g/mol. The lowest BCUT2D eigenvalue weighted by Gasteiger charge is -2.59. The first-order valence-corrected chi connectivity index (χ1v) is 6.83. The molecule has 0 amide bonds. The largest absolute Gasteiger partial charge is 0.271 e. The number of hydrogen-bond acceptors (Lipinski definition) is 2. The van der Waals surface area contributed by atoms with Crippen LogP contribution in [0.1, 0.15) is 44.9 Å². The molecule has 0 aromatic heterocycles. The van der Waals surface area contributed by atoms with Crippen LogP contribution >= 0.6 is 0 Å². The molecule has 90 valence electrons. The van der Waals surface area contributed by atoms with E-state index in [2.05, 4.69) is 12.0 Å². The minimum Gasteiger partial charge on any atom is -0.271 e. The fourth-order valence-corrected chi connectivity index (χ4v) is 5.27. The van der Waals surface area contributed by atoms with Gasteiger partial charge >= 0.3 is 0 Å². The standard InChI is InChI=1S/C14H24N2/c1-2-3-13(16-15)14-7-10-4-11(8-14)6-12(5-10)9-14/h2,10-13,16H,1,3-9,15H2. The van der Waals surface area contributed by atoms with Gasteiger partial charge in [-0.15, -0.1) is 6.58 Å². The van der Waals surface area contributed by atoms with Crippen LogP contribution in [0.15, 0.2) is 12.7 Å². The zero-order valence-corrected chi connectivity index (χ0v) is 10.1. The summed E-state index contributed by atoms with van der Waals surface area (Å²) in [6.45, 7) is 3.88. The normalized spacial score (nSPS) is 46.9. The van der Waals surface area contributed by atoms with Crippen molar-refractivity contribution in [3.63, 3.8) is 0 Å². The second-order valence-corrected chi connectivity index (χ2v) is 6.52. The molecule has 0 aromatic rings. The van der Waals surface area contributed by atoms with E-state index >= 15 is 0 Å². The first-order valence-electron chi connectivity index (χ1n) is 6.83. The van der Waals surface area contributed by atoms with E-state index in [0.29, 0.717) is 11.5 Å². The van der Waals surface area contributed by atoms with Crippen molar-refractivity contribution in [2.45, 2.75) is 51.0 Å². The van der Waals surface area contributed by atoms with Crippen LogP contribution in [0, 0.1) is 23.2 Å². The third-order valence-corrected chi connectivity index (χ3v) is 5.43. The second-order valence-electron chi connectivity index (χ2n) is 6.52. The summed E-state index contributed by atoms with van der Waals surface area (Å²) in [7, 11) is 0. The smallest absolute Gasteiger partial charge is 0.0301 e. The van der Waals surface area contributed by atoms with Crippen LogP contribution in [0.25, 0.3) is 0 Å². The Kier molecular flexibility index (Phi) is 2.60. The van der Waals surface area contributed by atoms with Crippen molar-refractivity contribution in [3.8, 4) is 0 Å². The Balaban J connectivity index is 1.84. The van der Waals surface area contributed by atoms with E-state index in [9.17, 15) is 0 Å². The van der Waals surface area contributed by atoms with Crippen molar-refractivity contribution in [1.29, 1.82) is 0 Å². The highest BCUT2D eigenvalue weighted by atomic mass is 15.2. The first kappa shape index (κ1) is 10.8. The molecular formula is C14H24N2. The van der Waals surface area contributed by atoms with Gasteiger partial charge in [-0.1, -0.05) is 6.08 Å². The van der Waals surface area contributed by atoms with E-state index in [1.165, 1.54) is 38.5 Å². The Morgan fingerprint density at radius 3 is 2.06 bits per heavy atom. The van der Waals surface area contributed by atoms with Gasteiger partial charge in [0.1, 0.15) is 0 Å². The average Bonchev–Trinajstić information content (AvgIpc) is 2.23. The van der Waals surface area contributed by atoms with Crippen LogP contribution in [0.2, 0.25) is 0 Å². The molecule has 4 bridgehead atoms. The molecule has 4 aliphatic carbocycles. The van der Waals surface area contributed by atoms with Gasteiger partial charge in [0.2, 0.25) is 0 Å². The van der Waals surface area contributed by atoms with Crippen molar-refractivity contribution >= 4 is 0 Å². The Bertz CT molecular complexity index is 249. The molecule has 4 saturated carbocycles. The van der Waals surface area contributed by atoms with Gasteiger partial charge in [0.05, 0.1) is 0 Å². The molecule has 0 spiro atoms. The molecule has 2 nitrogen and oxygen atoms in total. The third-order valence-electron chi connectivity index (χ3n) is 5.43. The van der Waals surface area contributed by atoms with Gasteiger partial charge in [-0.05, 0) is 68.1 Å². The van der Waals surface area contributed by atoms with E-state index in [1.54, 1.807) is 0 Å². The number of nitrogens with two attached hydrogens (primary N) is 1. The van der Waals surface area contributed by atoms with Gasteiger partial charge in [-0.25, -0.2) is 0 Å². The van der Waals surface area contributed by atoms with Gasteiger partial charge in [0.15, 0.2) is 0 Å². The highest BCUT2D eigenvalue weighted by Crippen LogP contribution is 2.61. The number of nitrogens with one attached hydrogen (secondary N) is 1. The zero-order valence-electron chi connectivity index (χ0n) is 10.1. The van der Waals surface area contributed by atoms with Gasteiger partial charge in [-0.2, -0.15) is 0 Å². The summed E-state index contributed by atoms with van der Waals surface area (Å²) in [6.07, 6.45) is 11.8. The molecule has 16 heavy (non-hydrogen) atoms. The lowest BCUT2D eigenvalue weighted by Crippen LogP contribution is -2.57. The average molecular weight is 220 g/mol. The minimum atomic E-state index is 0.471. The minimum absolute atomic E-state index is 0.471. The highest BCUT2D eigenvalue weighted by molar-refractivity contribution is 5.06. The van der Waals surface area contributed by atoms with E-state index in [0.717, 1.165) is 24.2 Å². The summed E-state index contributed by atoms with van der Waals surface area (Å²) in [5.74, 6) is 8.80. The fraction of sp³-hybridized carbons (Fsp3) is 0.857. The molecule has 0 heterocycles. The maximum Gasteiger partial charge on any atom is 0.0301 e. The molecule has 0 aliphatic heterocycles. The summed E-state index contributed by atoms with van der Waals surface area (Å²) in [4.78, 5) is 0. The van der Waals surface area contributed by atoms with Crippen LogP contribution in [-0.2, 0) is 0 Å². The maximum absolute atomic E-state index is 5.78. The predicted octanol–water partition coefficient (Wildman–Crippen LogP) is 2.61. The van der Waals surface area contributed by atoms with Crippen molar-refractivity contribution < 1.29 is 0 Å². The van der Waals surface area contributed by atoms with Crippen molar-refractivity contribution in [1.82, 2.24) is 5.43 Å². The Morgan fingerprint density at radius 1 is 1.19 bits per heavy atom. The van der Waals surface area contributed by atoms with Crippen molar-refractivity contribution in [2.75, 3.05) is 0 Å². The fourth-order valence-electron chi connectivity index (χ4n) is 5.27. The summed E-state index contributed by atoms with van der Waals surface area (Å²) < 4.78 is 0. The molecule has 1 unspecified atom stereocenters. The van der Waals surface area contributed by atoms with E-state index in [1.807, 2.05) is 6.08 Å². The molecule has 3 N–H and O–H groups in total. The quantitative estimate of drug-likeness (QED) is 0.434. The van der Waals surface area contributed by atoms with Gasteiger partial charge < -0.3 is 0 Å². The lowest BCUT2D eigenvalue weighted by atomic mass is 9.47. The van der Waals surface area contributed by atoms with Crippen molar-refractivity contribution in [2.24, 2.45) is 29.0 Å². The molecule has 1 atom stereocenters. The van der Waals surface area contributed by atoms with Crippen LogP contribution in [0.4, 0.5) is 0 Å². The summed E-state index contributed by atoms with van der Waals surface area (Å²) >= 11 is 0. The number of hydrogen-bond donors (Lipinski definition) is 2. The predicted molar refractivity (Wildman–Crippen MR) is 66.5 cm³/mol. The first-order chi connectivity index (χ1) is 7.75. The SMILES string of the molecule is C=CCC(NN)C12CC3CC(CC(C3)C1)C2. The molecule has 2 heteroatoms. The molecule has 4 aliphatic rings. The topological polar surface area (TPSA) is 38.0 Å². The Labute approximate surface area is 98.6 Å². The van der Waals surface area contributed by atoms with Crippen molar-refractivity contribution in [3.05, 3.63) is 12.7 Å². The third kappa shape index (κ3) is 1.54. The van der Waals surface area contributed by atoms with Gasteiger partial charge in [0, 0.05) is 6.04 Å². The Morgan fingerprint density at radius 2 is 1.69 bits per heavy atom. The van der Waals surface area contributed by atoms with Crippen LogP contribution < -0.4 is 11.3 Å². The highest BCUT2D eigenvalue weighted by Gasteiger charge is 2.53. The van der Waals surface area contributed by atoms with Crippen LogP contribution in [-0.4, -0.2) is 6.04 Å². The van der Waals surface area contributed by atoms with Crippen LogP contribution in [0.3, 0.4) is 0 Å². The van der Waals surface area contributed by atoms with E-state index in [-0.39, 0.29) is 0 Å². The second kappa shape index (κ2) is 3.85. The van der Waals surface area contributed by atoms with E-state index in [4.69, 9.17) is 5.84 Å². The Hall–Kier alpha value is -0.340. The van der Waals surface area contributed by atoms with Gasteiger partial charge in [0.25, 0.3) is 0 Å². The molecule has 4 fully saturated rings. The summed E-state index contributed by atoms with van der Waals surface area (Å²) in [6, 6.07) is 0.471. The molecular weight excluding hydrogens is 196 g/mol. The zero-order chi connectivity index (χ0) is 11.2. The molecule has 0 radical (unpaired) electrons. The maximum atomic E-state index is 5.78. The summed E-state index contributed by atoms with van der Waals surface area (Å²) in [5, 5.41) is 0. The lowest BCUT2D eigenvalue weighted by molar-refractivity contribution is -0.0732. The summed E-state index contributed by atoms with van der Waals surface area (Å²) in [5.41, 5.74) is 3.60. The van der Waals surface area contributed by atoms with Gasteiger partial charge in [-0.3, -0.25) is 11.3 Å². The molecule has 0 aromatic carbocycles. The van der Waals surface area contributed by atoms with E-state index < -0.39 is 0 Å². The number of hydrazine groups is 1. The molecule has 4 rings (SSSR count). The number of rotatable bonds is 4. The van der Waals surface area contributed by atoms with Crippen LogP contribution in [0.5, 0.6) is 0 Å². The molecule has 0 saturated heterocycles.